The Kier molecular flexibility index (Phi) is 1.71. The van der Waals surface area contributed by atoms with Crippen LogP contribution >= 0.6 is 0 Å². The van der Waals surface area contributed by atoms with Crippen LogP contribution in [0.1, 0.15) is 26.7 Å². The lowest BCUT2D eigenvalue weighted by molar-refractivity contribution is 0.295. The minimum Gasteiger partial charge on any atom is -0.272 e. The van der Waals surface area contributed by atoms with Gasteiger partial charge in [0.15, 0.2) is 0 Å². The van der Waals surface area contributed by atoms with E-state index in [1.165, 1.54) is 12.8 Å². The predicted octanol–water partition coefficient (Wildman–Crippen LogP) is 2.32. The molecular weight excluding hydrogens is 148 g/mol. The fourth-order valence-corrected chi connectivity index (χ4v) is 1.80. The van der Waals surface area contributed by atoms with Crippen molar-refractivity contribution in [1.82, 2.24) is 9.78 Å². The Labute approximate surface area is 73.6 Å². The fraction of sp³-hybridized carbons (Fsp3) is 0.700. The molecule has 0 spiro atoms. The zero-order chi connectivity index (χ0) is 8.60. The van der Waals surface area contributed by atoms with Gasteiger partial charge in [-0.05, 0) is 30.2 Å². The second kappa shape index (κ2) is 2.61. The Hall–Kier alpha value is -0.790. The van der Waals surface area contributed by atoms with Crippen LogP contribution in [-0.4, -0.2) is 9.78 Å². The van der Waals surface area contributed by atoms with Crippen LogP contribution in [0.25, 0.3) is 0 Å². The van der Waals surface area contributed by atoms with Crippen LogP contribution in [0.3, 0.4) is 0 Å². The normalized spacial score (nSPS) is 19.9. The first-order valence-corrected chi connectivity index (χ1v) is 4.70. The van der Waals surface area contributed by atoms with Gasteiger partial charge in [0.1, 0.15) is 0 Å². The van der Waals surface area contributed by atoms with E-state index in [2.05, 4.69) is 29.8 Å². The number of hydrogen-bond acceptors (Lipinski definition) is 1. The van der Waals surface area contributed by atoms with Crippen LogP contribution in [-0.2, 0) is 6.54 Å². The molecule has 0 aromatic carbocycles. The van der Waals surface area contributed by atoms with Crippen molar-refractivity contribution in [3.63, 3.8) is 0 Å². The van der Waals surface area contributed by atoms with Gasteiger partial charge in [-0.1, -0.05) is 13.8 Å². The van der Waals surface area contributed by atoms with E-state index in [9.17, 15) is 0 Å². The Bertz CT molecular complexity index is 245. The highest BCUT2D eigenvalue weighted by molar-refractivity contribution is 4.96. The highest BCUT2D eigenvalue weighted by Gasteiger charge is 2.45. The maximum Gasteiger partial charge on any atom is 0.0489 e. The minimum absolute atomic E-state index is 0.575. The summed E-state index contributed by atoms with van der Waals surface area (Å²) in [5.74, 6) is 0.793. The van der Waals surface area contributed by atoms with Gasteiger partial charge in [0.25, 0.3) is 0 Å². The van der Waals surface area contributed by atoms with Crippen LogP contribution in [0.4, 0.5) is 0 Å². The molecule has 0 bridgehead atoms. The Morgan fingerprint density at radius 2 is 2.25 bits per heavy atom. The lowest BCUT2D eigenvalue weighted by Gasteiger charge is -2.19. The lowest BCUT2D eigenvalue weighted by atomic mass is 9.92. The largest absolute Gasteiger partial charge is 0.272 e. The summed E-state index contributed by atoms with van der Waals surface area (Å²) in [6.45, 7) is 5.74. The third kappa shape index (κ3) is 1.26. The molecule has 2 nitrogen and oxygen atoms in total. The molecule has 0 atom stereocenters. The van der Waals surface area contributed by atoms with Crippen molar-refractivity contribution < 1.29 is 0 Å². The van der Waals surface area contributed by atoms with Crippen LogP contribution in [0.5, 0.6) is 0 Å². The molecule has 1 aromatic heterocycles. The highest BCUT2D eigenvalue weighted by atomic mass is 15.3. The average molecular weight is 164 g/mol. The first-order chi connectivity index (χ1) is 5.73. The molecule has 0 N–H and O–H groups in total. The van der Waals surface area contributed by atoms with Gasteiger partial charge in [-0.3, -0.25) is 4.68 Å². The van der Waals surface area contributed by atoms with Gasteiger partial charge in [-0.25, -0.2) is 0 Å². The van der Waals surface area contributed by atoms with Crippen molar-refractivity contribution >= 4 is 0 Å². The van der Waals surface area contributed by atoms with Gasteiger partial charge in [0, 0.05) is 18.9 Å². The maximum atomic E-state index is 4.24. The second-order valence-electron chi connectivity index (χ2n) is 4.22. The van der Waals surface area contributed by atoms with E-state index >= 15 is 0 Å². The molecule has 1 fully saturated rings. The summed E-state index contributed by atoms with van der Waals surface area (Å²) >= 11 is 0. The molecular formula is C10H16N2. The summed E-state index contributed by atoms with van der Waals surface area (Å²) < 4.78 is 2.06. The molecule has 2 rings (SSSR count). The second-order valence-corrected chi connectivity index (χ2v) is 4.22. The van der Waals surface area contributed by atoms with Gasteiger partial charge in [-0.2, -0.15) is 5.10 Å². The quantitative estimate of drug-likeness (QED) is 0.670. The Balaban J connectivity index is 2.04. The molecule has 0 radical (unpaired) electrons. The third-order valence-corrected chi connectivity index (χ3v) is 3.15. The SMILES string of the molecule is CC(C)C1(Cn2cccn2)CC1. The summed E-state index contributed by atoms with van der Waals surface area (Å²) in [7, 11) is 0. The molecule has 0 saturated heterocycles. The van der Waals surface area contributed by atoms with E-state index in [1.807, 2.05) is 12.3 Å². The Morgan fingerprint density at radius 1 is 1.50 bits per heavy atom. The standard InChI is InChI=1S/C10H16N2/c1-9(2)10(4-5-10)8-12-7-3-6-11-12/h3,6-7,9H,4-5,8H2,1-2H3. The molecule has 0 aliphatic heterocycles. The number of aromatic nitrogens is 2. The predicted molar refractivity (Wildman–Crippen MR) is 48.7 cm³/mol. The van der Waals surface area contributed by atoms with E-state index in [-0.39, 0.29) is 0 Å². The molecule has 0 amide bonds. The van der Waals surface area contributed by atoms with Gasteiger partial charge in [-0.15, -0.1) is 0 Å². The zero-order valence-corrected chi connectivity index (χ0v) is 7.83. The lowest BCUT2D eigenvalue weighted by Crippen LogP contribution is -2.17. The number of nitrogens with zero attached hydrogens (tertiary/aromatic N) is 2. The third-order valence-electron chi connectivity index (χ3n) is 3.15. The van der Waals surface area contributed by atoms with Crippen LogP contribution in [0.15, 0.2) is 18.5 Å². The first kappa shape index (κ1) is 7.84. The van der Waals surface area contributed by atoms with E-state index in [1.54, 1.807) is 0 Å². The molecule has 1 aliphatic carbocycles. The monoisotopic (exact) mass is 164 g/mol. The van der Waals surface area contributed by atoms with Crippen molar-refractivity contribution in [2.75, 3.05) is 0 Å². The van der Waals surface area contributed by atoms with E-state index in [4.69, 9.17) is 0 Å². The molecule has 1 saturated carbocycles. The molecule has 0 unspecified atom stereocenters. The van der Waals surface area contributed by atoms with Crippen molar-refractivity contribution in [2.24, 2.45) is 11.3 Å². The summed E-state index contributed by atoms with van der Waals surface area (Å²) in [5.41, 5.74) is 0.575. The average Bonchev–Trinajstić information content (AvgIpc) is 2.60. The van der Waals surface area contributed by atoms with Crippen molar-refractivity contribution in [3.05, 3.63) is 18.5 Å². The summed E-state index contributed by atoms with van der Waals surface area (Å²) in [6, 6.07) is 2.00. The molecule has 1 heterocycles. The molecule has 2 heteroatoms. The summed E-state index contributed by atoms with van der Waals surface area (Å²) in [5, 5.41) is 4.24. The molecule has 1 aromatic rings. The molecule has 1 aliphatic rings. The fourth-order valence-electron chi connectivity index (χ4n) is 1.80. The zero-order valence-electron chi connectivity index (χ0n) is 7.83. The number of hydrogen-bond donors (Lipinski definition) is 0. The highest BCUT2D eigenvalue weighted by Crippen LogP contribution is 2.52. The van der Waals surface area contributed by atoms with Crippen LogP contribution < -0.4 is 0 Å². The van der Waals surface area contributed by atoms with E-state index < -0.39 is 0 Å². The minimum atomic E-state index is 0.575. The topological polar surface area (TPSA) is 17.8 Å². The van der Waals surface area contributed by atoms with Crippen molar-refractivity contribution in [3.8, 4) is 0 Å². The van der Waals surface area contributed by atoms with Crippen LogP contribution in [0, 0.1) is 11.3 Å². The first-order valence-electron chi connectivity index (χ1n) is 4.70. The van der Waals surface area contributed by atoms with Gasteiger partial charge < -0.3 is 0 Å². The van der Waals surface area contributed by atoms with Crippen molar-refractivity contribution in [2.45, 2.75) is 33.2 Å². The summed E-state index contributed by atoms with van der Waals surface area (Å²) in [4.78, 5) is 0. The van der Waals surface area contributed by atoms with Crippen LogP contribution in [0.2, 0.25) is 0 Å². The molecule has 66 valence electrons. The molecule has 12 heavy (non-hydrogen) atoms. The van der Waals surface area contributed by atoms with E-state index in [0.717, 1.165) is 12.5 Å². The summed E-state index contributed by atoms with van der Waals surface area (Å²) in [6.07, 6.45) is 6.67. The van der Waals surface area contributed by atoms with E-state index in [0.29, 0.717) is 5.41 Å². The van der Waals surface area contributed by atoms with Gasteiger partial charge in [0.2, 0.25) is 0 Å². The van der Waals surface area contributed by atoms with Gasteiger partial charge in [0.05, 0.1) is 0 Å². The smallest absolute Gasteiger partial charge is 0.0489 e. The van der Waals surface area contributed by atoms with Gasteiger partial charge >= 0.3 is 0 Å². The Morgan fingerprint density at radius 3 is 2.67 bits per heavy atom. The number of rotatable bonds is 3. The van der Waals surface area contributed by atoms with Crippen molar-refractivity contribution in [1.29, 1.82) is 0 Å². The maximum absolute atomic E-state index is 4.24.